The highest BCUT2D eigenvalue weighted by molar-refractivity contribution is 5.92. The summed E-state index contributed by atoms with van der Waals surface area (Å²) in [5, 5.41) is 5.78. The Kier molecular flexibility index (Phi) is 3.83. The summed E-state index contributed by atoms with van der Waals surface area (Å²) in [6.45, 7) is 1.28. The molecule has 5 heteroatoms. The van der Waals surface area contributed by atoms with E-state index in [4.69, 9.17) is 5.73 Å². The molecule has 1 amide bonds. The van der Waals surface area contributed by atoms with Crippen LogP contribution < -0.4 is 16.4 Å². The van der Waals surface area contributed by atoms with Gasteiger partial charge in [0.2, 0.25) is 5.91 Å². The summed E-state index contributed by atoms with van der Waals surface area (Å²) in [5.74, 6) is -0.366. The second kappa shape index (κ2) is 4.14. The van der Waals surface area contributed by atoms with Gasteiger partial charge < -0.3 is 11.1 Å². The molecule has 0 radical (unpaired) electrons. The molecule has 0 saturated heterocycles. The lowest BCUT2D eigenvalue weighted by molar-refractivity contribution is -0.114. The van der Waals surface area contributed by atoms with Gasteiger partial charge in [0.25, 0.3) is 0 Å². The minimum atomic E-state index is -0.366. The van der Waals surface area contributed by atoms with E-state index < -0.39 is 0 Å². The average molecular weight is 164 g/mol. The van der Waals surface area contributed by atoms with Crippen LogP contribution in [0.25, 0.3) is 0 Å². The third kappa shape index (κ3) is 2.24. The minimum absolute atomic E-state index is 0. The molecular weight excluding hydrogens is 154 g/mol. The van der Waals surface area contributed by atoms with Gasteiger partial charge in [0.15, 0.2) is 0 Å². The van der Waals surface area contributed by atoms with E-state index in [1.165, 1.54) is 0 Å². The van der Waals surface area contributed by atoms with Gasteiger partial charge in [-0.05, 0) is 0 Å². The Bertz CT molecular complexity index is 157. The first-order valence-electron chi connectivity index (χ1n) is 2.73. The van der Waals surface area contributed by atoms with Crippen molar-refractivity contribution < 1.29 is 4.79 Å². The van der Waals surface area contributed by atoms with Gasteiger partial charge in [-0.1, -0.05) is 0 Å². The maximum Gasteiger partial charge on any atom is 0.247 e. The van der Waals surface area contributed by atoms with E-state index in [-0.39, 0.29) is 18.3 Å². The smallest absolute Gasteiger partial charge is 0.247 e. The van der Waals surface area contributed by atoms with Crippen molar-refractivity contribution in [2.75, 3.05) is 13.2 Å². The van der Waals surface area contributed by atoms with Gasteiger partial charge in [-0.3, -0.25) is 10.1 Å². The number of nitrogens with one attached hydrogen (secondary N) is 2. The average Bonchev–Trinajstić information content (AvgIpc) is 1.90. The normalized spacial score (nSPS) is 16.2. The lowest BCUT2D eigenvalue weighted by atomic mass is 10.2. The molecule has 4 N–H and O–H groups in total. The van der Waals surface area contributed by atoms with Crippen molar-refractivity contribution in [3.05, 3.63) is 11.8 Å². The van der Waals surface area contributed by atoms with Crippen LogP contribution in [0.1, 0.15) is 0 Å². The van der Waals surface area contributed by atoms with Crippen LogP contribution in [0.4, 0.5) is 0 Å². The summed E-state index contributed by atoms with van der Waals surface area (Å²) >= 11 is 0. The van der Waals surface area contributed by atoms with E-state index in [1.807, 2.05) is 0 Å². The molecule has 0 bridgehead atoms. The number of carbonyl (C=O) groups excluding carboxylic acids is 1. The SMILES string of the molecule is Cl.NC(=O)C1=CNCNC1. The third-order valence-corrected chi connectivity index (χ3v) is 1.14. The number of halogens is 1. The number of rotatable bonds is 1. The molecule has 1 heterocycles. The molecule has 1 aliphatic heterocycles. The number of nitrogens with two attached hydrogens (primary N) is 1. The Hall–Kier alpha value is -0.740. The molecule has 10 heavy (non-hydrogen) atoms. The zero-order chi connectivity index (χ0) is 6.69. The molecule has 0 aromatic heterocycles. The molecule has 0 fully saturated rings. The molecule has 1 rings (SSSR count). The minimum Gasteiger partial charge on any atom is -0.378 e. The lowest BCUT2D eigenvalue weighted by Gasteiger charge is -2.12. The highest BCUT2D eigenvalue weighted by atomic mass is 35.5. The largest absolute Gasteiger partial charge is 0.378 e. The Balaban J connectivity index is 0.000000810. The van der Waals surface area contributed by atoms with Crippen molar-refractivity contribution in [2.24, 2.45) is 5.73 Å². The van der Waals surface area contributed by atoms with Crippen LogP contribution >= 0.6 is 12.4 Å². The van der Waals surface area contributed by atoms with Crippen molar-refractivity contribution in [1.82, 2.24) is 10.6 Å². The van der Waals surface area contributed by atoms with E-state index in [0.717, 1.165) is 0 Å². The van der Waals surface area contributed by atoms with Crippen molar-refractivity contribution in [3.63, 3.8) is 0 Å². The zero-order valence-electron chi connectivity index (χ0n) is 5.39. The standard InChI is InChI=1S/C5H9N3O.ClH/c6-5(9)4-1-7-3-8-2-4;/h1,7-8H,2-3H2,(H2,6,9);1H. The molecular formula is C5H10ClN3O. The first-order valence-corrected chi connectivity index (χ1v) is 2.73. The fourth-order valence-corrected chi connectivity index (χ4v) is 0.653. The molecule has 58 valence electrons. The maximum absolute atomic E-state index is 10.4. The Morgan fingerprint density at radius 3 is 2.70 bits per heavy atom. The van der Waals surface area contributed by atoms with Crippen LogP contribution in [0.15, 0.2) is 11.8 Å². The van der Waals surface area contributed by atoms with Crippen LogP contribution in [0.5, 0.6) is 0 Å². The summed E-state index contributed by atoms with van der Waals surface area (Å²) in [6, 6.07) is 0. The predicted molar refractivity (Wildman–Crippen MR) is 40.5 cm³/mol. The quantitative estimate of drug-likeness (QED) is 0.461. The number of primary amides is 1. The van der Waals surface area contributed by atoms with E-state index in [1.54, 1.807) is 6.20 Å². The Morgan fingerprint density at radius 2 is 2.40 bits per heavy atom. The molecule has 0 aromatic rings. The van der Waals surface area contributed by atoms with Crippen LogP contribution in [-0.2, 0) is 4.79 Å². The fourth-order valence-electron chi connectivity index (χ4n) is 0.653. The van der Waals surface area contributed by atoms with Crippen LogP contribution in [-0.4, -0.2) is 19.1 Å². The predicted octanol–water partition coefficient (Wildman–Crippen LogP) is -1.07. The van der Waals surface area contributed by atoms with E-state index in [0.29, 0.717) is 18.8 Å². The molecule has 0 spiro atoms. The molecule has 0 aromatic carbocycles. The summed E-state index contributed by atoms with van der Waals surface area (Å²) in [5.41, 5.74) is 5.58. The topological polar surface area (TPSA) is 67.2 Å². The second-order valence-corrected chi connectivity index (χ2v) is 1.84. The first-order chi connectivity index (χ1) is 4.30. The summed E-state index contributed by atoms with van der Waals surface area (Å²) < 4.78 is 0. The van der Waals surface area contributed by atoms with E-state index in [9.17, 15) is 4.79 Å². The highest BCUT2D eigenvalue weighted by Gasteiger charge is 2.05. The maximum atomic E-state index is 10.4. The summed E-state index contributed by atoms with van der Waals surface area (Å²) in [6.07, 6.45) is 1.64. The summed E-state index contributed by atoms with van der Waals surface area (Å²) in [4.78, 5) is 10.4. The van der Waals surface area contributed by atoms with Crippen LogP contribution in [0.3, 0.4) is 0 Å². The highest BCUT2D eigenvalue weighted by Crippen LogP contribution is 1.90. The molecule has 0 aliphatic carbocycles. The first kappa shape index (κ1) is 9.26. The van der Waals surface area contributed by atoms with Crippen molar-refractivity contribution in [1.29, 1.82) is 0 Å². The third-order valence-electron chi connectivity index (χ3n) is 1.14. The Morgan fingerprint density at radius 1 is 1.70 bits per heavy atom. The van der Waals surface area contributed by atoms with E-state index >= 15 is 0 Å². The van der Waals surface area contributed by atoms with Gasteiger partial charge in [-0.2, -0.15) is 0 Å². The van der Waals surface area contributed by atoms with E-state index in [2.05, 4.69) is 10.6 Å². The van der Waals surface area contributed by atoms with Crippen molar-refractivity contribution in [3.8, 4) is 0 Å². The summed E-state index contributed by atoms with van der Waals surface area (Å²) in [7, 11) is 0. The van der Waals surface area contributed by atoms with Crippen molar-refractivity contribution >= 4 is 18.3 Å². The molecule has 1 aliphatic rings. The van der Waals surface area contributed by atoms with Gasteiger partial charge in [0, 0.05) is 18.3 Å². The second-order valence-electron chi connectivity index (χ2n) is 1.84. The van der Waals surface area contributed by atoms with Gasteiger partial charge in [0.05, 0.1) is 6.67 Å². The zero-order valence-corrected chi connectivity index (χ0v) is 6.20. The van der Waals surface area contributed by atoms with Crippen LogP contribution in [0, 0.1) is 0 Å². The molecule has 0 atom stereocenters. The van der Waals surface area contributed by atoms with Gasteiger partial charge in [-0.25, -0.2) is 0 Å². The molecule has 4 nitrogen and oxygen atoms in total. The number of hydrogen-bond donors (Lipinski definition) is 3. The number of amides is 1. The molecule has 0 saturated carbocycles. The molecule has 0 unspecified atom stereocenters. The van der Waals surface area contributed by atoms with Crippen molar-refractivity contribution in [2.45, 2.75) is 0 Å². The number of carbonyl (C=O) groups is 1. The fraction of sp³-hybridized carbons (Fsp3) is 0.400. The van der Waals surface area contributed by atoms with Gasteiger partial charge in [-0.15, -0.1) is 12.4 Å². The Labute approximate surface area is 65.3 Å². The number of hydrogen-bond acceptors (Lipinski definition) is 3. The lowest BCUT2D eigenvalue weighted by Crippen LogP contribution is -2.36. The monoisotopic (exact) mass is 163 g/mol. The van der Waals surface area contributed by atoms with Gasteiger partial charge in [0.1, 0.15) is 0 Å². The van der Waals surface area contributed by atoms with Gasteiger partial charge >= 0.3 is 0 Å². The van der Waals surface area contributed by atoms with Crippen LogP contribution in [0.2, 0.25) is 0 Å².